The first-order valence-electron chi connectivity index (χ1n) is 11.0. The van der Waals surface area contributed by atoms with E-state index in [1.807, 2.05) is 6.07 Å². The second kappa shape index (κ2) is 8.69. The number of hydrogen-bond acceptors (Lipinski definition) is 6. The van der Waals surface area contributed by atoms with Crippen molar-refractivity contribution in [1.82, 2.24) is 0 Å². The van der Waals surface area contributed by atoms with E-state index in [9.17, 15) is 23.1 Å². The molecule has 1 spiro atoms. The van der Waals surface area contributed by atoms with Gasteiger partial charge in [0.2, 0.25) is 0 Å². The molecule has 0 bridgehead atoms. The van der Waals surface area contributed by atoms with Crippen LogP contribution in [0.25, 0.3) is 0 Å². The van der Waals surface area contributed by atoms with Gasteiger partial charge in [0.1, 0.15) is 17.4 Å². The fourth-order valence-corrected chi connectivity index (χ4v) is 6.46. The maximum absolute atomic E-state index is 13.8. The predicted molar refractivity (Wildman–Crippen MR) is 129 cm³/mol. The molecule has 1 saturated carbocycles. The largest absolute Gasteiger partial charge is 0.486 e. The molecule has 35 heavy (non-hydrogen) atoms. The first-order chi connectivity index (χ1) is 16.7. The van der Waals surface area contributed by atoms with Crippen LogP contribution in [0.3, 0.4) is 0 Å². The summed E-state index contributed by atoms with van der Waals surface area (Å²) in [6.45, 7) is -0.0958. The molecule has 1 N–H and O–H groups in total. The summed E-state index contributed by atoms with van der Waals surface area (Å²) in [6, 6.07) is 10.2. The summed E-state index contributed by atoms with van der Waals surface area (Å²) in [5.41, 5.74) is -1.95. The molecular formula is C24H20F3N3O3S2. The molecule has 2 heterocycles. The zero-order chi connectivity index (χ0) is 25.0. The molecule has 0 aromatic heterocycles. The number of aliphatic hydroxyl groups is 1. The Morgan fingerprint density at radius 2 is 1.91 bits per heavy atom. The van der Waals surface area contributed by atoms with Crippen LogP contribution in [-0.2, 0) is 11.0 Å². The summed E-state index contributed by atoms with van der Waals surface area (Å²) in [6.07, 6.45) is -2.42. The van der Waals surface area contributed by atoms with Crippen molar-refractivity contribution in [3.05, 3.63) is 47.5 Å². The molecule has 182 valence electrons. The number of aliphatic hydroxyl groups excluding tert-OH is 1. The van der Waals surface area contributed by atoms with E-state index in [0.29, 0.717) is 30.0 Å². The average molecular weight is 520 g/mol. The molecule has 6 nitrogen and oxygen atoms in total. The van der Waals surface area contributed by atoms with Gasteiger partial charge in [-0.15, -0.1) is 11.8 Å². The summed E-state index contributed by atoms with van der Waals surface area (Å²) in [7, 11) is 0. The zero-order valence-electron chi connectivity index (χ0n) is 18.3. The second-order valence-electron chi connectivity index (χ2n) is 8.70. The van der Waals surface area contributed by atoms with E-state index in [2.05, 4.69) is 0 Å². The fraction of sp³-hybridized carbons (Fsp3) is 0.375. The van der Waals surface area contributed by atoms with E-state index >= 15 is 0 Å². The summed E-state index contributed by atoms with van der Waals surface area (Å²) < 4.78 is 46.6. The lowest BCUT2D eigenvalue weighted by Crippen LogP contribution is -2.47. The van der Waals surface area contributed by atoms with Crippen molar-refractivity contribution in [3.63, 3.8) is 0 Å². The van der Waals surface area contributed by atoms with Gasteiger partial charge in [0.15, 0.2) is 5.11 Å². The van der Waals surface area contributed by atoms with Gasteiger partial charge in [0.05, 0.1) is 34.4 Å². The number of alkyl halides is 3. The lowest BCUT2D eigenvalue weighted by Gasteiger charge is -2.33. The number of anilines is 2. The van der Waals surface area contributed by atoms with Crippen LogP contribution in [0.5, 0.6) is 5.75 Å². The summed E-state index contributed by atoms with van der Waals surface area (Å²) in [5.74, 6) is 0.832. The molecule has 3 aliphatic rings. The molecule has 1 amide bonds. The van der Waals surface area contributed by atoms with Crippen LogP contribution in [0.4, 0.5) is 24.5 Å². The van der Waals surface area contributed by atoms with E-state index in [4.69, 9.17) is 22.2 Å². The number of carbonyl (C=O) groups is 1. The van der Waals surface area contributed by atoms with Gasteiger partial charge in [0.25, 0.3) is 5.91 Å². The van der Waals surface area contributed by atoms with Crippen molar-refractivity contribution in [2.24, 2.45) is 0 Å². The number of amides is 1. The number of hydrogen-bond donors (Lipinski definition) is 1. The molecule has 5 rings (SSSR count). The van der Waals surface area contributed by atoms with Crippen molar-refractivity contribution >= 4 is 46.4 Å². The maximum atomic E-state index is 13.8. The number of thioether (sulfide) groups is 1. The highest BCUT2D eigenvalue weighted by molar-refractivity contribution is 7.99. The molecule has 11 heteroatoms. The first-order valence-corrected chi connectivity index (χ1v) is 12.4. The Hall–Kier alpha value is -2.81. The zero-order valence-corrected chi connectivity index (χ0v) is 20.0. The standard InChI is InChI=1S/C24H20F3N3O3S2/c25-24(26,27)18-9-15(4-3-14(18)11-28)29-21(32)23(7-1-2-8-23)30(22(29)34)16-5-6-19-20(10-16)35-13-17(12-31)33-19/h3-6,9-10,17,31H,1-2,7-8,12-13H2. The number of benzene rings is 2. The van der Waals surface area contributed by atoms with E-state index in [1.165, 1.54) is 22.7 Å². The highest BCUT2D eigenvalue weighted by Gasteiger charge is 2.57. The molecule has 0 radical (unpaired) electrons. The average Bonchev–Trinajstić information content (AvgIpc) is 3.41. The highest BCUT2D eigenvalue weighted by Crippen LogP contribution is 2.48. The number of halogens is 3. The monoisotopic (exact) mass is 519 g/mol. The SMILES string of the molecule is N#Cc1ccc(N2C(=O)C3(CCCC3)N(c3ccc4c(c3)SCC(CO)O4)C2=S)cc1C(F)(F)F. The quantitative estimate of drug-likeness (QED) is 0.580. The minimum atomic E-state index is -4.75. The fourth-order valence-electron chi connectivity index (χ4n) is 4.99. The Labute approximate surface area is 209 Å². The van der Waals surface area contributed by atoms with E-state index < -0.39 is 22.8 Å². The van der Waals surface area contributed by atoms with Gasteiger partial charge in [0, 0.05) is 11.4 Å². The molecule has 2 fully saturated rings. The highest BCUT2D eigenvalue weighted by atomic mass is 32.2. The molecule has 2 aromatic rings. The lowest BCUT2D eigenvalue weighted by atomic mass is 9.94. The van der Waals surface area contributed by atoms with Crippen molar-refractivity contribution in [2.45, 2.75) is 48.4 Å². The number of thiocarbonyl (C=S) groups is 1. The number of carbonyl (C=O) groups excluding carboxylic acids is 1. The van der Waals surface area contributed by atoms with Crippen LogP contribution in [0, 0.1) is 11.3 Å². The Bertz CT molecular complexity index is 1250. The minimum Gasteiger partial charge on any atom is -0.486 e. The van der Waals surface area contributed by atoms with Gasteiger partial charge in [-0.25, -0.2) is 0 Å². The second-order valence-corrected chi connectivity index (χ2v) is 10.1. The molecule has 2 aromatic carbocycles. The van der Waals surface area contributed by atoms with Crippen LogP contribution in [0.1, 0.15) is 36.8 Å². The molecule has 1 unspecified atom stereocenters. The smallest absolute Gasteiger partial charge is 0.417 e. The van der Waals surface area contributed by atoms with Gasteiger partial charge < -0.3 is 14.7 Å². The van der Waals surface area contributed by atoms with Gasteiger partial charge in [-0.3, -0.25) is 9.69 Å². The van der Waals surface area contributed by atoms with Crippen molar-refractivity contribution in [2.75, 3.05) is 22.2 Å². The Balaban J connectivity index is 1.58. The van der Waals surface area contributed by atoms with E-state index in [0.717, 1.165) is 29.9 Å². The number of nitrogens with zero attached hydrogens (tertiary/aromatic N) is 3. The topological polar surface area (TPSA) is 76.8 Å². The maximum Gasteiger partial charge on any atom is 0.417 e. The predicted octanol–water partition coefficient (Wildman–Crippen LogP) is 4.87. The number of nitriles is 1. The Morgan fingerprint density at radius 1 is 1.20 bits per heavy atom. The van der Waals surface area contributed by atoms with Gasteiger partial charge in [-0.1, -0.05) is 12.8 Å². The third-order valence-electron chi connectivity index (χ3n) is 6.64. The molecule has 2 aliphatic heterocycles. The number of rotatable bonds is 3. The van der Waals surface area contributed by atoms with Crippen LogP contribution in [0.15, 0.2) is 41.3 Å². The molecule has 1 saturated heterocycles. The Morgan fingerprint density at radius 3 is 2.57 bits per heavy atom. The number of fused-ring (bicyclic) bond motifs is 1. The van der Waals surface area contributed by atoms with Crippen molar-refractivity contribution in [1.29, 1.82) is 5.26 Å². The molecule has 1 aliphatic carbocycles. The van der Waals surface area contributed by atoms with Crippen LogP contribution < -0.4 is 14.5 Å². The van der Waals surface area contributed by atoms with Crippen molar-refractivity contribution in [3.8, 4) is 11.8 Å². The molecular weight excluding hydrogens is 499 g/mol. The summed E-state index contributed by atoms with van der Waals surface area (Å²) >= 11 is 7.24. The third kappa shape index (κ3) is 3.84. The minimum absolute atomic E-state index is 0.0124. The first kappa shape index (κ1) is 23.9. The van der Waals surface area contributed by atoms with E-state index in [1.54, 1.807) is 23.1 Å². The number of ether oxygens (including phenoxy) is 1. The summed E-state index contributed by atoms with van der Waals surface area (Å²) in [4.78, 5) is 17.6. The van der Waals surface area contributed by atoms with Crippen molar-refractivity contribution < 1.29 is 27.8 Å². The van der Waals surface area contributed by atoms with Crippen LogP contribution in [-0.4, -0.2) is 40.1 Å². The van der Waals surface area contributed by atoms with Crippen LogP contribution in [0.2, 0.25) is 0 Å². The molecule has 1 atom stereocenters. The lowest BCUT2D eigenvalue weighted by molar-refractivity contribution is -0.137. The van der Waals surface area contributed by atoms with Gasteiger partial charge in [-0.2, -0.15) is 18.4 Å². The van der Waals surface area contributed by atoms with Crippen LogP contribution >= 0.6 is 24.0 Å². The van der Waals surface area contributed by atoms with Gasteiger partial charge in [-0.05, 0) is 61.5 Å². The Kier molecular flexibility index (Phi) is 5.94. The summed E-state index contributed by atoms with van der Waals surface area (Å²) in [5, 5.41) is 18.6. The normalized spacial score (nSPS) is 21.3. The third-order valence-corrected chi connectivity index (χ3v) is 8.17. The van der Waals surface area contributed by atoms with Gasteiger partial charge >= 0.3 is 6.18 Å². The van der Waals surface area contributed by atoms with E-state index in [-0.39, 0.29) is 29.4 Å².